The number of nitrogens with zero attached hydrogens (tertiary/aromatic N) is 3. The van der Waals surface area contributed by atoms with Crippen LogP contribution in [-0.4, -0.2) is 39.1 Å². The van der Waals surface area contributed by atoms with Gasteiger partial charge in [-0.3, -0.25) is 4.57 Å². The van der Waals surface area contributed by atoms with E-state index in [1.807, 2.05) is 42.7 Å². The lowest BCUT2D eigenvalue weighted by Gasteiger charge is -2.29. The molecule has 2 heterocycles. The number of urea groups is 1. The average molecular weight is 498 g/mol. The molecule has 34 heavy (non-hydrogen) atoms. The van der Waals surface area contributed by atoms with Gasteiger partial charge in [-0.15, -0.1) is 10.2 Å². The topological polar surface area (TPSA) is 98.1 Å². The number of hydrogen-bond acceptors (Lipinski definition) is 6. The van der Waals surface area contributed by atoms with E-state index in [0.29, 0.717) is 21.4 Å². The van der Waals surface area contributed by atoms with Crippen LogP contribution >= 0.6 is 23.4 Å². The number of benzene rings is 2. The minimum Gasteiger partial charge on any atom is -0.463 e. The fraction of sp³-hybridized carbons (Fsp3) is 0.250. The first-order chi connectivity index (χ1) is 16.4. The fourth-order valence-electron chi connectivity index (χ4n) is 3.72. The number of ether oxygens (including phenoxy) is 1. The SMILES string of the molecule is CCOC(=O)C1=C(CSc2nnc(C)n2-c2cccc(C)c2)NC(=O)NC1c1ccc(Cl)cc1. The van der Waals surface area contributed by atoms with Crippen LogP contribution in [0, 0.1) is 13.8 Å². The van der Waals surface area contributed by atoms with Crippen LogP contribution in [0.25, 0.3) is 5.69 Å². The number of carbonyl (C=O) groups excluding carboxylic acids is 2. The Labute approximate surface area is 206 Å². The highest BCUT2D eigenvalue weighted by Gasteiger charge is 2.34. The maximum atomic E-state index is 13.0. The van der Waals surface area contributed by atoms with Crippen molar-refractivity contribution in [1.29, 1.82) is 0 Å². The maximum absolute atomic E-state index is 13.0. The van der Waals surface area contributed by atoms with Crippen LogP contribution in [0.3, 0.4) is 0 Å². The monoisotopic (exact) mass is 497 g/mol. The van der Waals surface area contributed by atoms with E-state index in [4.69, 9.17) is 16.3 Å². The minimum atomic E-state index is -0.669. The Balaban J connectivity index is 1.70. The second-order valence-corrected chi connectivity index (χ2v) is 9.07. The van der Waals surface area contributed by atoms with Crippen molar-refractivity contribution in [2.45, 2.75) is 32.0 Å². The predicted molar refractivity (Wildman–Crippen MR) is 131 cm³/mol. The molecule has 1 aliphatic heterocycles. The van der Waals surface area contributed by atoms with Crippen molar-refractivity contribution in [2.75, 3.05) is 12.4 Å². The van der Waals surface area contributed by atoms with E-state index < -0.39 is 18.0 Å². The lowest BCUT2D eigenvalue weighted by atomic mass is 9.95. The Morgan fingerprint density at radius 2 is 1.94 bits per heavy atom. The van der Waals surface area contributed by atoms with Crippen LogP contribution in [0.15, 0.2) is 65.0 Å². The number of amides is 2. The van der Waals surface area contributed by atoms with E-state index >= 15 is 0 Å². The van der Waals surface area contributed by atoms with Crippen molar-refractivity contribution in [3.63, 3.8) is 0 Å². The van der Waals surface area contributed by atoms with E-state index in [0.717, 1.165) is 22.6 Å². The van der Waals surface area contributed by atoms with E-state index in [-0.39, 0.29) is 12.4 Å². The summed E-state index contributed by atoms with van der Waals surface area (Å²) in [5.74, 6) is 0.526. The first-order valence-corrected chi connectivity index (χ1v) is 12.1. The number of thioether (sulfide) groups is 1. The third-order valence-electron chi connectivity index (χ3n) is 5.25. The van der Waals surface area contributed by atoms with Crippen molar-refractivity contribution < 1.29 is 14.3 Å². The Bertz CT molecular complexity index is 1260. The van der Waals surface area contributed by atoms with Gasteiger partial charge in [0, 0.05) is 22.2 Å². The molecule has 4 rings (SSSR count). The summed E-state index contributed by atoms with van der Waals surface area (Å²) < 4.78 is 7.27. The van der Waals surface area contributed by atoms with Crippen molar-refractivity contribution >= 4 is 35.4 Å². The van der Waals surface area contributed by atoms with Crippen LogP contribution in [-0.2, 0) is 9.53 Å². The molecule has 0 aliphatic carbocycles. The number of hydrogen-bond donors (Lipinski definition) is 2. The highest BCUT2D eigenvalue weighted by atomic mass is 35.5. The summed E-state index contributed by atoms with van der Waals surface area (Å²) in [6.45, 7) is 5.86. The number of aryl methyl sites for hydroxylation is 2. The Kier molecular flexibility index (Phi) is 7.23. The Morgan fingerprint density at radius 1 is 1.18 bits per heavy atom. The van der Waals surface area contributed by atoms with Crippen molar-refractivity contribution in [1.82, 2.24) is 25.4 Å². The molecule has 0 fully saturated rings. The Morgan fingerprint density at radius 3 is 2.65 bits per heavy atom. The van der Waals surface area contributed by atoms with Crippen LogP contribution in [0.1, 0.15) is 29.9 Å². The molecule has 2 aromatic carbocycles. The summed E-state index contributed by atoms with van der Waals surface area (Å²) >= 11 is 7.41. The smallest absolute Gasteiger partial charge is 0.338 e. The zero-order valence-corrected chi connectivity index (χ0v) is 20.5. The van der Waals surface area contributed by atoms with E-state index in [1.165, 1.54) is 11.8 Å². The predicted octanol–water partition coefficient (Wildman–Crippen LogP) is 4.50. The van der Waals surface area contributed by atoms with Gasteiger partial charge in [0.1, 0.15) is 5.82 Å². The number of aromatic nitrogens is 3. The molecule has 0 radical (unpaired) electrons. The van der Waals surface area contributed by atoms with Crippen LogP contribution < -0.4 is 10.6 Å². The zero-order valence-electron chi connectivity index (χ0n) is 19.0. The van der Waals surface area contributed by atoms with Gasteiger partial charge in [-0.25, -0.2) is 9.59 Å². The lowest BCUT2D eigenvalue weighted by molar-refractivity contribution is -0.139. The van der Waals surface area contributed by atoms with E-state index in [2.05, 4.69) is 20.8 Å². The first kappa shape index (κ1) is 23.8. The highest BCUT2D eigenvalue weighted by molar-refractivity contribution is 7.99. The molecule has 3 aromatic rings. The molecule has 0 saturated carbocycles. The van der Waals surface area contributed by atoms with Gasteiger partial charge in [-0.1, -0.05) is 47.6 Å². The average Bonchev–Trinajstić information content (AvgIpc) is 3.18. The highest BCUT2D eigenvalue weighted by Crippen LogP contribution is 2.32. The Hall–Kier alpha value is -3.30. The van der Waals surface area contributed by atoms with Gasteiger partial charge in [-0.2, -0.15) is 0 Å². The van der Waals surface area contributed by atoms with Gasteiger partial charge in [0.25, 0.3) is 0 Å². The van der Waals surface area contributed by atoms with Gasteiger partial charge >= 0.3 is 12.0 Å². The molecule has 1 atom stereocenters. The second-order valence-electron chi connectivity index (χ2n) is 7.69. The van der Waals surface area contributed by atoms with Gasteiger partial charge in [-0.05, 0) is 56.2 Å². The van der Waals surface area contributed by atoms with Gasteiger partial charge in [0.2, 0.25) is 0 Å². The second kappa shape index (κ2) is 10.3. The molecule has 2 amide bonds. The molecule has 2 N–H and O–H groups in total. The summed E-state index contributed by atoms with van der Waals surface area (Å²) in [7, 11) is 0. The minimum absolute atomic E-state index is 0.213. The molecule has 0 saturated heterocycles. The molecular formula is C24H24ClN5O3S. The van der Waals surface area contributed by atoms with Crippen LogP contribution in [0.4, 0.5) is 4.79 Å². The summed E-state index contributed by atoms with van der Waals surface area (Å²) in [5.41, 5.74) is 3.59. The number of rotatable bonds is 7. The molecule has 10 heteroatoms. The lowest BCUT2D eigenvalue weighted by Crippen LogP contribution is -2.46. The van der Waals surface area contributed by atoms with Crippen molar-refractivity contribution in [2.24, 2.45) is 0 Å². The molecule has 0 bridgehead atoms. The van der Waals surface area contributed by atoms with Gasteiger partial charge < -0.3 is 15.4 Å². The van der Waals surface area contributed by atoms with Crippen LogP contribution in [0.5, 0.6) is 0 Å². The number of halogens is 1. The van der Waals surface area contributed by atoms with E-state index in [9.17, 15) is 9.59 Å². The maximum Gasteiger partial charge on any atom is 0.338 e. The summed E-state index contributed by atoms with van der Waals surface area (Å²) in [6.07, 6.45) is 0. The summed E-state index contributed by atoms with van der Waals surface area (Å²) in [5, 5.41) is 15.4. The third kappa shape index (κ3) is 5.10. The fourth-order valence-corrected chi connectivity index (χ4v) is 4.82. The summed E-state index contributed by atoms with van der Waals surface area (Å²) in [6, 6.07) is 14.0. The summed E-state index contributed by atoms with van der Waals surface area (Å²) in [4.78, 5) is 25.5. The number of carbonyl (C=O) groups is 2. The van der Waals surface area contributed by atoms with Gasteiger partial charge in [0.05, 0.1) is 18.2 Å². The van der Waals surface area contributed by atoms with E-state index in [1.54, 1.807) is 31.2 Å². The van der Waals surface area contributed by atoms with Crippen molar-refractivity contribution in [3.8, 4) is 5.69 Å². The molecule has 1 unspecified atom stereocenters. The first-order valence-electron chi connectivity index (χ1n) is 10.7. The molecule has 176 valence electrons. The van der Waals surface area contributed by atoms with Gasteiger partial charge in [0.15, 0.2) is 5.16 Å². The van der Waals surface area contributed by atoms with Crippen molar-refractivity contribution in [3.05, 3.63) is 81.8 Å². The largest absolute Gasteiger partial charge is 0.463 e. The normalized spacial score (nSPS) is 15.6. The molecule has 1 aromatic heterocycles. The quantitative estimate of drug-likeness (QED) is 0.368. The number of nitrogens with one attached hydrogen (secondary N) is 2. The molecular weight excluding hydrogens is 474 g/mol. The third-order valence-corrected chi connectivity index (χ3v) is 6.46. The molecule has 1 aliphatic rings. The molecule has 0 spiro atoms. The zero-order chi connectivity index (χ0) is 24.2. The molecule has 8 nitrogen and oxygen atoms in total. The standard InChI is InChI=1S/C24H24ClN5O3S/c1-4-33-22(31)20-19(26-23(32)27-21(20)16-8-10-17(25)11-9-16)13-34-24-29-28-15(3)30(24)18-7-5-6-14(2)12-18/h5-12,21H,4,13H2,1-3H3,(H2,26,27,32). The number of esters is 1. The van der Waals surface area contributed by atoms with Crippen LogP contribution in [0.2, 0.25) is 5.02 Å².